The molecule has 6 heteroatoms. The smallest absolute Gasteiger partial charge is 0.307 e. The van der Waals surface area contributed by atoms with Gasteiger partial charge >= 0.3 is 5.97 Å². The molecule has 142 valence electrons. The second kappa shape index (κ2) is 10.4. The zero-order valence-corrected chi connectivity index (χ0v) is 16.4. The summed E-state index contributed by atoms with van der Waals surface area (Å²) in [6, 6.07) is 17.1. The Hall–Kier alpha value is -2.73. The van der Waals surface area contributed by atoms with Crippen LogP contribution in [0.4, 0.5) is 0 Å². The molecule has 0 radical (unpaired) electrons. The molecule has 27 heavy (non-hydrogen) atoms. The van der Waals surface area contributed by atoms with Gasteiger partial charge < -0.3 is 9.64 Å². The lowest BCUT2D eigenvalue weighted by Crippen LogP contribution is -2.43. The first kappa shape index (κ1) is 20.6. The summed E-state index contributed by atoms with van der Waals surface area (Å²) in [4.78, 5) is 26.0. The molecular weight excluding hydrogens is 360 g/mol. The molecule has 0 heterocycles. The number of rotatable bonds is 7. The van der Waals surface area contributed by atoms with E-state index < -0.39 is 0 Å². The van der Waals surface area contributed by atoms with Crippen molar-refractivity contribution in [2.24, 2.45) is 0 Å². The van der Waals surface area contributed by atoms with Gasteiger partial charge in [0.25, 0.3) is 5.91 Å². The molecule has 1 N–H and O–H groups in total. The van der Waals surface area contributed by atoms with Gasteiger partial charge in [-0.15, -0.1) is 0 Å². The standard InChI is InChI=1S/C21H24N2O3S/c1-3-26-19(24)12-13-23(15-17-9-5-4-6-10-17)21(27)22-20(25)18-11-7-8-16(2)14-18/h4-11,14H,3,12-13,15H2,1-2H3,(H,22,25,27). The maximum Gasteiger partial charge on any atom is 0.307 e. The molecule has 0 aromatic heterocycles. The Morgan fingerprint density at radius 2 is 1.85 bits per heavy atom. The first-order valence-corrected chi connectivity index (χ1v) is 9.27. The van der Waals surface area contributed by atoms with Crippen LogP contribution in [-0.2, 0) is 16.1 Å². The summed E-state index contributed by atoms with van der Waals surface area (Å²) in [5, 5.41) is 3.05. The van der Waals surface area contributed by atoms with Crippen LogP contribution in [0.1, 0.15) is 34.8 Å². The number of ether oxygens (including phenoxy) is 1. The van der Waals surface area contributed by atoms with E-state index in [4.69, 9.17) is 17.0 Å². The second-order valence-electron chi connectivity index (χ2n) is 6.09. The van der Waals surface area contributed by atoms with Gasteiger partial charge in [-0.3, -0.25) is 14.9 Å². The Bertz CT molecular complexity index is 793. The molecule has 0 aliphatic heterocycles. The summed E-state index contributed by atoms with van der Waals surface area (Å²) in [7, 11) is 0. The van der Waals surface area contributed by atoms with Crippen molar-refractivity contribution in [1.82, 2.24) is 10.2 Å². The zero-order valence-electron chi connectivity index (χ0n) is 15.6. The average molecular weight is 385 g/mol. The van der Waals surface area contributed by atoms with Crippen molar-refractivity contribution in [3.8, 4) is 0 Å². The van der Waals surface area contributed by atoms with Gasteiger partial charge in [-0.2, -0.15) is 0 Å². The zero-order chi connectivity index (χ0) is 19.6. The van der Waals surface area contributed by atoms with Crippen molar-refractivity contribution in [2.75, 3.05) is 13.2 Å². The lowest BCUT2D eigenvalue weighted by atomic mass is 10.1. The third-order valence-corrected chi connectivity index (χ3v) is 4.26. The lowest BCUT2D eigenvalue weighted by molar-refractivity contribution is -0.143. The summed E-state index contributed by atoms with van der Waals surface area (Å²) < 4.78 is 4.99. The number of amides is 1. The third kappa shape index (κ3) is 6.83. The predicted molar refractivity (Wildman–Crippen MR) is 109 cm³/mol. The van der Waals surface area contributed by atoms with E-state index in [1.807, 2.05) is 49.4 Å². The van der Waals surface area contributed by atoms with Crippen LogP contribution >= 0.6 is 12.2 Å². The minimum Gasteiger partial charge on any atom is -0.466 e. The van der Waals surface area contributed by atoms with Crippen LogP contribution in [0.15, 0.2) is 54.6 Å². The van der Waals surface area contributed by atoms with Crippen LogP contribution in [0.25, 0.3) is 0 Å². The number of benzene rings is 2. The molecule has 0 bridgehead atoms. The number of aryl methyl sites for hydroxylation is 1. The first-order chi connectivity index (χ1) is 13.0. The van der Waals surface area contributed by atoms with Gasteiger partial charge in [-0.1, -0.05) is 48.0 Å². The van der Waals surface area contributed by atoms with Gasteiger partial charge in [-0.25, -0.2) is 0 Å². The van der Waals surface area contributed by atoms with Crippen molar-refractivity contribution < 1.29 is 14.3 Å². The molecule has 0 aliphatic carbocycles. The number of carbonyl (C=O) groups is 2. The summed E-state index contributed by atoms with van der Waals surface area (Å²) in [5.41, 5.74) is 2.58. The molecule has 0 unspecified atom stereocenters. The highest BCUT2D eigenvalue weighted by Crippen LogP contribution is 2.08. The Balaban J connectivity index is 2.07. The van der Waals surface area contributed by atoms with Gasteiger partial charge in [0, 0.05) is 18.7 Å². The number of nitrogens with one attached hydrogen (secondary N) is 1. The third-order valence-electron chi connectivity index (χ3n) is 3.90. The van der Waals surface area contributed by atoms with E-state index in [0.717, 1.165) is 11.1 Å². The second-order valence-corrected chi connectivity index (χ2v) is 6.48. The highest BCUT2D eigenvalue weighted by molar-refractivity contribution is 7.80. The van der Waals surface area contributed by atoms with Gasteiger partial charge in [0.2, 0.25) is 0 Å². The van der Waals surface area contributed by atoms with E-state index in [1.165, 1.54) is 0 Å². The fraction of sp³-hybridized carbons (Fsp3) is 0.286. The quantitative estimate of drug-likeness (QED) is 0.585. The fourth-order valence-corrected chi connectivity index (χ4v) is 2.80. The van der Waals surface area contributed by atoms with E-state index in [0.29, 0.717) is 25.3 Å². The summed E-state index contributed by atoms with van der Waals surface area (Å²) >= 11 is 5.44. The molecule has 0 aliphatic rings. The summed E-state index contributed by atoms with van der Waals surface area (Å²) in [6.45, 7) is 4.89. The number of esters is 1. The van der Waals surface area contributed by atoms with Crippen molar-refractivity contribution in [1.29, 1.82) is 0 Å². The topological polar surface area (TPSA) is 58.6 Å². The normalized spacial score (nSPS) is 10.1. The minimum atomic E-state index is -0.289. The van der Waals surface area contributed by atoms with Gasteiger partial charge in [-0.05, 0) is 43.8 Å². The fourth-order valence-electron chi connectivity index (χ4n) is 2.55. The number of nitrogens with zero attached hydrogens (tertiary/aromatic N) is 1. The highest BCUT2D eigenvalue weighted by atomic mass is 32.1. The monoisotopic (exact) mass is 384 g/mol. The van der Waals surface area contributed by atoms with E-state index in [9.17, 15) is 9.59 Å². The number of hydrogen-bond donors (Lipinski definition) is 1. The van der Waals surface area contributed by atoms with Crippen molar-refractivity contribution in [3.05, 3.63) is 71.3 Å². The molecule has 2 rings (SSSR count). The van der Waals surface area contributed by atoms with Crippen LogP contribution in [0.2, 0.25) is 0 Å². The Morgan fingerprint density at radius 1 is 1.11 bits per heavy atom. The number of hydrogen-bond acceptors (Lipinski definition) is 4. The molecule has 2 aromatic rings. The lowest BCUT2D eigenvalue weighted by Gasteiger charge is -2.25. The molecule has 0 atom stereocenters. The minimum absolute atomic E-state index is 0.196. The van der Waals surface area contributed by atoms with Crippen LogP contribution < -0.4 is 5.32 Å². The Kier molecular flexibility index (Phi) is 7.95. The van der Waals surface area contributed by atoms with Crippen molar-refractivity contribution >= 4 is 29.2 Å². The summed E-state index contributed by atoms with van der Waals surface area (Å²) in [6.07, 6.45) is 0.196. The van der Waals surface area contributed by atoms with Crippen LogP contribution in [0, 0.1) is 6.92 Å². The van der Waals surface area contributed by atoms with Gasteiger partial charge in [0.05, 0.1) is 13.0 Å². The van der Waals surface area contributed by atoms with Crippen LogP contribution in [-0.4, -0.2) is 35.0 Å². The molecule has 2 aromatic carbocycles. The highest BCUT2D eigenvalue weighted by Gasteiger charge is 2.16. The maximum absolute atomic E-state index is 12.5. The Labute approximate surface area is 165 Å². The van der Waals surface area contributed by atoms with Crippen LogP contribution in [0.5, 0.6) is 0 Å². The van der Waals surface area contributed by atoms with E-state index >= 15 is 0 Å². The van der Waals surface area contributed by atoms with E-state index in [1.54, 1.807) is 24.0 Å². The largest absolute Gasteiger partial charge is 0.466 e. The first-order valence-electron chi connectivity index (χ1n) is 8.86. The van der Waals surface area contributed by atoms with Gasteiger partial charge in [0.1, 0.15) is 0 Å². The van der Waals surface area contributed by atoms with Crippen molar-refractivity contribution in [3.63, 3.8) is 0 Å². The van der Waals surface area contributed by atoms with E-state index in [2.05, 4.69) is 5.32 Å². The molecule has 0 spiro atoms. The Morgan fingerprint density at radius 3 is 2.52 bits per heavy atom. The number of carbonyl (C=O) groups excluding carboxylic acids is 2. The van der Waals surface area contributed by atoms with Crippen molar-refractivity contribution in [2.45, 2.75) is 26.8 Å². The maximum atomic E-state index is 12.5. The molecule has 5 nitrogen and oxygen atoms in total. The van der Waals surface area contributed by atoms with Gasteiger partial charge in [0.15, 0.2) is 5.11 Å². The average Bonchev–Trinajstić information content (AvgIpc) is 2.66. The molecule has 0 saturated carbocycles. The molecular formula is C21H24N2O3S. The molecule has 1 amide bonds. The molecule has 0 fully saturated rings. The van der Waals surface area contributed by atoms with Crippen LogP contribution in [0.3, 0.4) is 0 Å². The molecule has 0 saturated heterocycles. The SMILES string of the molecule is CCOC(=O)CCN(Cc1ccccc1)C(=S)NC(=O)c1cccc(C)c1. The van der Waals surface area contributed by atoms with E-state index in [-0.39, 0.29) is 23.4 Å². The summed E-state index contributed by atoms with van der Waals surface area (Å²) in [5.74, 6) is -0.554. The predicted octanol–water partition coefficient (Wildman–Crippen LogP) is 3.47. The number of thiocarbonyl (C=S) groups is 1.